The van der Waals surface area contributed by atoms with Gasteiger partial charge in [-0.25, -0.2) is 13.6 Å². The molecule has 0 aromatic heterocycles. The molecule has 2 N–H and O–H groups in total. The van der Waals surface area contributed by atoms with Crippen molar-refractivity contribution in [3.8, 4) is 5.75 Å². The molecule has 188 valence electrons. The molecule has 0 fully saturated rings. The molecular formula is C28H29F2N3O3. The summed E-state index contributed by atoms with van der Waals surface area (Å²) < 4.78 is 33.4. The number of benzene rings is 3. The number of ether oxygens (including phenoxy) is 1. The molecule has 4 rings (SSSR count). The molecule has 36 heavy (non-hydrogen) atoms. The van der Waals surface area contributed by atoms with Gasteiger partial charge in [-0.3, -0.25) is 4.79 Å². The number of urea groups is 1. The minimum atomic E-state index is -0.722. The Morgan fingerprint density at radius 2 is 1.64 bits per heavy atom. The molecule has 0 spiro atoms. The Bertz CT molecular complexity index is 1240. The molecular weight excluding hydrogens is 464 g/mol. The maximum absolute atomic E-state index is 13.7. The van der Waals surface area contributed by atoms with Crippen molar-refractivity contribution in [2.75, 3.05) is 10.6 Å². The van der Waals surface area contributed by atoms with Crippen LogP contribution in [0.5, 0.6) is 5.75 Å². The van der Waals surface area contributed by atoms with Crippen LogP contribution in [0.25, 0.3) is 0 Å². The Morgan fingerprint density at radius 1 is 1.00 bits per heavy atom. The molecule has 0 radical (unpaired) electrons. The molecule has 1 unspecified atom stereocenters. The monoisotopic (exact) mass is 493 g/mol. The third-order valence-electron chi connectivity index (χ3n) is 6.04. The molecule has 0 bridgehead atoms. The van der Waals surface area contributed by atoms with Gasteiger partial charge in [0.1, 0.15) is 17.4 Å². The van der Waals surface area contributed by atoms with Crippen molar-refractivity contribution in [3.63, 3.8) is 0 Å². The zero-order chi connectivity index (χ0) is 25.8. The summed E-state index contributed by atoms with van der Waals surface area (Å²) in [5.74, 6) is -0.748. The quantitative estimate of drug-likeness (QED) is 0.416. The van der Waals surface area contributed by atoms with Gasteiger partial charge in [-0.05, 0) is 65.9 Å². The van der Waals surface area contributed by atoms with E-state index >= 15 is 0 Å². The summed E-state index contributed by atoms with van der Waals surface area (Å²) in [7, 11) is 0. The van der Waals surface area contributed by atoms with Crippen LogP contribution in [0.2, 0.25) is 0 Å². The van der Waals surface area contributed by atoms with Crippen molar-refractivity contribution in [2.24, 2.45) is 0 Å². The summed E-state index contributed by atoms with van der Waals surface area (Å²) in [5, 5.41) is 5.61. The molecule has 0 aliphatic carbocycles. The lowest BCUT2D eigenvalue weighted by atomic mass is 10.0. The van der Waals surface area contributed by atoms with Gasteiger partial charge in [0.15, 0.2) is 6.10 Å². The van der Waals surface area contributed by atoms with Gasteiger partial charge in [0.2, 0.25) is 0 Å². The maximum Gasteiger partial charge on any atom is 0.323 e. The van der Waals surface area contributed by atoms with Crippen LogP contribution >= 0.6 is 0 Å². The molecule has 1 heterocycles. The van der Waals surface area contributed by atoms with Crippen LogP contribution < -0.4 is 15.4 Å². The van der Waals surface area contributed by atoms with Crippen LogP contribution in [0.3, 0.4) is 0 Å². The number of carbonyl (C=O) groups excluding carboxylic acids is 2. The average Bonchev–Trinajstić information content (AvgIpc) is 2.94. The topological polar surface area (TPSA) is 70.7 Å². The molecule has 1 atom stereocenters. The second-order valence-corrected chi connectivity index (χ2v) is 9.17. The number of carbonyl (C=O) groups is 2. The molecule has 0 saturated heterocycles. The SMILES string of the molecule is CCC1Oc2ccc(NC(=O)Nc3ccc(C(C)C)cc3)cc2CN(Cc2cc(F)cc(F)c2)C1=O. The molecule has 1 aliphatic rings. The summed E-state index contributed by atoms with van der Waals surface area (Å²) in [6.07, 6.45) is -0.287. The molecule has 6 nitrogen and oxygen atoms in total. The van der Waals surface area contributed by atoms with Crippen LogP contribution in [0, 0.1) is 11.6 Å². The first-order valence-electron chi connectivity index (χ1n) is 11.9. The van der Waals surface area contributed by atoms with E-state index in [1.165, 1.54) is 22.6 Å². The maximum atomic E-state index is 13.7. The Kier molecular flexibility index (Phi) is 7.52. The number of hydrogen-bond donors (Lipinski definition) is 2. The van der Waals surface area contributed by atoms with Gasteiger partial charge < -0.3 is 20.3 Å². The van der Waals surface area contributed by atoms with Crippen LogP contribution in [-0.2, 0) is 17.9 Å². The van der Waals surface area contributed by atoms with Gasteiger partial charge in [0.25, 0.3) is 5.91 Å². The molecule has 3 aromatic rings. The average molecular weight is 494 g/mol. The van der Waals surface area contributed by atoms with Gasteiger partial charge in [-0.15, -0.1) is 0 Å². The van der Waals surface area contributed by atoms with Gasteiger partial charge in [0.05, 0.1) is 0 Å². The van der Waals surface area contributed by atoms with E-state index in [0.717, 1.165) is 6.07 Å². The summed E-state index contributed by atoms with van der Waals surface area (Å²) in [5.41, 5.74) is 3.39. The van der Waals surface area contributed by atoms with Crippen LogP contribution in [0.4, 0.5) is 25.0 Å². The summed E-state index contributed by atoms with van der Waals surface area (Å²) in [6.45, 7) is 6.23. The lowest BCUT2D eigenvalue weighted by Gasteiger charge is -2.23. The third kappa shape index (κ3) is 6.00. The molecule has 3 aromatic carbocycles. The lowest BCUT2D eigenvalue weighted by molar-refractivity contribution is -0.139. The molecule has 3 amide bonds. The fourth-order valence-electron chi connectivity index (χ4n) is 4.15. The fourth-order valence-corrected chi connectivity index (χ4v) is 4.15. The smallest absolute Gasteiger partial charge is 0.323 e. The highest BCUT2D eigenvalue weighted by Gasteiger charge is 2.30. The molecule has 8 heteroatoms. The molecule has 0 saturated carbocycles. The van der Waals surface area contributed by atoms with Crippen molar-refractivity contribution in [2.45, 2.75) is 52.3 Å². The lowest BCUT2D eigenvalue weighted by Crippen LogP contribution is -2.38. The number of amides is 3. The first-order valence-corrected chi connectivity index (χ1v) is 11.9. The number of anilines is 2. The highest BCUT2D eigenvalue weighted by molar-refractivity contribution is 5.99. The normalized spacial score (nSPS) is 15.2. The summed E-state index contributed by atoms with van der Waals surface area (Å²) in [6, 6.07) is 15.6. The van der Waals surface area contributed by atoms with E-state index in [0.29, 0.717) is 40.6 Å². The van der Waals surface area contributed by atoms with E-state index in [2.05, 4.69) is 24.5 Å². The van der Waals surface area contributed by atoms with Crippen molar-refractivity contribution in [1.29, 1.82) is 0 Å². The number of nitrogens with zero attached hydrogens (tertiary/aromatic N) is 1. The van der Waals surface area contributed by atoms with E-state index in [1.807, 2.05) is 31.2 Å². The third-order valence-corrected chi connectivity index (χ3v) is 6.04. The van der Waals surface area contributed by atoms with Crippen molar-refractivity contribution in [1.82, 2.24) is 4.90 Å². The van der Waals surface area contributed by atoms with Crippen LogP contribution in [-0.4, -0.2) is 22.9 Å². The largest absolute Gasteiger partial charge is 0.480 e. The Balaban J connectivity index is 1.51. The van der Waals surface area contributed by atoms with Crippen molar-refractivity contribution in [3.05, 3.63) is 89.0 Å². The Hall–Kier alpha value is -3.94. The van der Waals surface area contributed by atoms with Crippen molar-refractivity contribution >= 4 is 23.3 Å². The van der Waals surface area contributed by atoms with Gasteiger partial charge in [0, 0.05) is 36.1 Å². The number of hydrogen-bond acceptors (Lipinski definition) is 3. The second kappa shape index (κ2) is 10.8. The minimum absolute atomic E-state index is 0.0251. The van der Waals surface area contributed by atoms with Gasteiger partial charge in [-0.1, -0.05) is 32.9 Å². The Morgan fingerprint density at radius 3 is 2.28 bits per heavy atom. The number of fused-ring (bicyclic) bond motifs is 1. The number of halogens is 2. The fraction of sp³-hybridized carbons (Fsp3) is 0.286. The van der Waals surface area contributed by atoms with E-state index in [1.54, 1.807) is 18.2 Å². The highest BCUT2D eigenvalue weighted by atomic mass is 19.1. The molecule has 1 aliphatic heterocycles. The zero-order valence-corrected chi connectivity index (χ0v) is 20.5. The van der Waals surface area contributed by atoms with Gasteiger partial charge in [-0.2, -0.15) is 0 Å². The van der Waals surface area contributed by atoms with Crippen LogP contribution in [0.15, 0.2) is 60.7 Å². The Labute approximate surface area is 209 Å². The number of rotatable bonds is 6. The summed E-state index contributed by atoms with van der Waals surface area (Å²) in [4.78, 5) is 27.2. The highest BCUT2D eigenvalue weighted by Crippen LogP contribution is 2.30. The van der Waals surface area contributed by atoms with Crippen LogP contribution in [0.1, 0.15) is 49.8 Å². The first kappa shape index (κ1) is 25.2. The van der Waals surface area contributed by atoms with E-state index in [-0.39, 0.29) is 19.0 Å². The number of nitrogens with one attached hydrogen (secondary N) is 2. The zero-order valence-electron chi connectivity index (χ0n) is 20.5. The van der Waals surface area contributed by atoms with Crippen molar-refractivity contribution < 1.29 is 23.1 Å². The minimum Gasteiger partial charge on any atom is -0.480 e. The van der Waals surface area contributed by atoms with E-state index < -0.39 is 23.8 Å². The van der Waals surface area contributed by atoms with E-state index in [4.69, 9.17) is 4.74 Å². The predicted molar refractivity (Wildman–Crippen MR) is 135 cm³/mol. The standard InChI is InChI=1S/C28H29F2N3O3/c1-4-25-27(34)33(15-18-11-21(29)14-22(30)12-18)16-20-13-24(9-10-26(20)36-25)32-28(35)31-23-7-5-19(6-8-23)17(2)3/h5-14,17,25H,4,15-16H2,1-3H3,(H2,31,32,35). The first-order chi connectivity index (χ1) is 17.2. The summed E-state index contributed by atoms with van der Waals surface area (Å²) >= 11 is 0. The van der Waals surface area contributed by atoms with E-state index in [9.17, 15) is 18.4 Å². The predicted octanol–water partition coefficient (Wildman–Crippen LogP) is 6.43. The second-order valence-electron chi connectivity index (χ2n) is 9.17. The van der Waals surface area contributed by atoms with Gasteiger partial charge >= 0.3 is 6.03 Å².